The van der Waals surface area contributed by atoms with Gasteiger partial charge in [-0.1, -0.05) is 18.2 Å². The Hall–Kier alpha value is -2.32. The van der Waals surface area contributed by atoms with Crippen molar-refractivity contribution in [2.75, 3.05) is 18.5 Å². The number of aliphatic hydroxyl groups is 2. The largest absolute Gasteiger partial charge is 0.446 e. The van der Waals surface area contributed by atoms with E-state index < -0.39 is 30.4 Å². The highest BCUT2D eigenvalue weighted by Crippen LogP contribution is 2.26. The van der Waals surface area contributed by atoms with E-state index in [1.54, 1.807) is 24.3 Å². The molecule has 0 radical (unpaired) electrons. The summed E-state index contributed by atoms with van der Waals surface area (Å²) in [6.45, 7) is -0.252. The third kappa shape index (κ3) is 2.39. The molecule has 0 spiro atoms. The molecular weight excluding hydrogens is 278 g/mol. The Morgan fingerprint density at radius 1 is 1.29 bits per heavy atom. The van der Waals surface area contributed by atoms with Gasteiger partial charge in [-0.05, 0) is 12.1 Å². The molecule has 2 saturated heterocycles. The van der Waals surface area contributed by atoms with Crippen LogP contribution in [0.1, 0.15) is 0 Å². The molecule has 8 heteroatoms. The van der Waals surface area contributed by atoms with Gasteiger partial charge in [-0.25, -0.2) is 19.6 Å². The second-order valence-electron chi connectivity index (χ2n) is 4.93. The minimum Gasteiger partial charge on any atom is -0.446 e. The highest BCUT2D eigenvalue weighted by atomic mass is 16.6. The van der Waals surface area contributed by atoms with Crippen molar-refractivity contribution in [2.24, 2.45) is 0 Å². The average Bonchev–Trinajstić information content (AvgIpc) is 2.86. The minimum absolute atomic E-state index is 0.0633. The number of benzene rings is 1. The van der Waals surface area contributed by atoms with Crippen molar-refractivity contribution < 1.29 is 24.5 Å². The molecule has 0 unspecified atom stereocenters. The second-order valence-corrected chi connectivity index (χ2v) is 4.93. The average molecular weight is 293 g/mol. The topological polar surface area (TPSA) is 102 Å². The van der Waals surface area contributed by atoms with E-state index in [9.17, 15) is 19.8 Å². The van der Waals surface area contributed by atoms with Crippen molar-refractivity contribution in [1.82, 2.24) is 10.0 Å². The maximum atomic E-state index is 12.3. The number of aliphatic hydroxyl groups excluding tert-OH is 2. The minimum atomic E-state index is -1.14. The Morgan fingerprint density at radius 3 is 2.71 bits per heavy atom. The maximum absolute atomic E-state index is 12.3. The first kappa shape index (κ1) is 13.7. The first-order chi connectivity index (χ1) is 10.1. The van der Waals surface area contributed by atoms with Gasteiger partial charge in [0.25, 0.3) is 0 Å². The Bertz CT molecular complexity index is 552. The number of anilines is 1. The maximum Gasteiger partial charge on any atom is 0.429 e. The summed E-state index contributed by atoms with van der Waals surface area (Å²) in [5.41, 5.74) is 0.562. The van der Waals surface area contributed by atoms with Crippen LogP contribution in [0.4, 0.5) is 15.3 Å². The molecule has 2 fully saturated rings. The summed E-state index contributed by atoms with van der Waals surface area (Å²) in [5.74, 6) is 0. The smallest absolute Gasteiger partial charge is 0.429 e. The van der Waals surface area contributed by atoms with Crippen LogP contribution in [0.3, 0.4) is 0 Å². The standard InChI is InChI=1S/C13H15N3O5/c17-10-6-15(12(19)14-8-4-2-1-3-5-8)16-9(11(10)18)7-21-13(16)20/h1-5,9-11,17-18H,6-7H2,(H,14,19)/t9-,10-,11-/m1/s1. The van der Waals surface area contributed by atoms with Gasteiger partial charge in [0.15, 0.2) is 0 Å². The number of hydrogen-bond acceptors (Lipinski definition) is 5. The van der Waals surface area contributed by atoms with Gasteiger partial charge in [-0.2, -0.15) is 0 Å². The lowest BCUT2D eigenvalue weighted by Crippen LogP contribution is -2.65. The molecule has 3 rings (SSSR count). The van der Waals surface area contributed by atoms with Crippen molar-refractivity contribution in [1.29, 1.82) is 0 Å². The summed E-state index contributed by atoms with van der Waals surface area (Å²) in [6.07, 6.45) is -2.99. The number of carbonyl (C=O) groups excluding carboxylic acids is 2. The van der Waals surface area contributed by atoms with Crippen LogP contribution in [0.25, 0.3) is 0 Å². The molecule has 0 aromatic heterocycles. The predicted octanol–water partition coefficient (Wildman–Crippen LogP) is -0.00830. The molecule has 2 aliphatic rings. The lowest BCUT2D eigenvalue weighted by Gasteiger charge is -2.42. The van der Waals surface area contributed by atoms with Gasteiger partial charge in [0.05, 0.1) is 6.54 Å². The summed E-state index contributed by atoms with van der Waals surface area (Å²) in [5, 5.41) is 24.4. The Kier molecular flexibility index (Phi) is 3.40. The molecule has 21 heavy (non-hydrogen) atoms. The van der Waals surface area contributed by atoms with Crippen LogP contribution in [0.5, 0.6) is 0 Å². The zero-order valence-electron chi connectivity index (χ0n) is 11.0. The first-order valence-corrected chi connectivity index (χ1v) is 6.53. The van der Waals surface area contributed by atoms with E-state index in [4.69, 9.17) is 4.74 Å². The van der Waals surface area contributed by atoms with E-state index in [1.807, 2.05) is 6.07 Å². The summed E-state index contributed by atoms with van der Waals surface area (Å²) in [4.78, 5) is 24.0. The van der Waals surface area contributed by atoms with E-state index in [-0.39, 0.29) is 13.2 Å². The number of nitrogens with one attached hydrogen (secondary N) is 1. The fraction of sp³-hybridized carbons (Fsp3) is 0.385. The fourth-order valence-corrected chi connectivity index (χ4v) is 2.47. The van der Waals surface area contributed by atoms with Gasteiger partial charge in [0.1, 0.15) is 24.9 Å². The molecule has 0 aliphatic carbocycles. The molecule has 112 valence electrons. The summed E-state index contributed by atoms with van der Waals surface area (Å²) >= 11 is 0. The lowest BCUT2D eigenvalue weighted by atomic mass is 10.0. The summed E-state index contributed by atoms with van der Waals surface area (Å²) in [7, 11) is 0. The Labute approximate surface area is 120 Å². The van der Waals surface area contributed by atoms with E-state index in [2.05, 4.69) is 5.32 Å². The first-order valence-electron chi connectivity index (χ1n) is 6.53. The van der Waals surface area contributed by atoms with E-state index in [1.165, 1.54) is 0 Å². The molecule has 3 amide bonds. The van der Waals surface area contributed by atoms with Gasteiger partial charge >= 0.3 is 12.1 Å². The molecule has 3 N–H and O–H groups in total. The van der Waals surface area contributed by atoms with Gasteiger partial charge in [0, 0.05) is 5.69 Å². The number of para-hydroxylation sites is 1. The van der Waals surface area contributed by atoms with Gasteiger partial charge in [-0.15, -0.1) is 0 Å². The number of β-amino-alcohol motifs (C(OH)–C–C–N with tert-alkyl or cyclic N) is 1. The van der Waals surface area contributed by atoms with Crippen molar-refractivity contribution in [3.63, 3.8) is 0 Å². The molecule has 1 aromatic rings. The normalized spacial score (nSPS) is 28.1. The second kappa shape index (κ2) is 5.23. The van der Waals surface area contributed by atoms with Gasteiger partial charge in [0.2, 0.25) is 0 Å². The van der Waals surface area contributed by atoms with Crippen LogP contribution in [-0.4, -0.2) is 63.8 Å². The molecule has 0 bridgehead atoms. The number of nitrogens with zero attached hydrogens (tertiary/aromatic N) is 2. The SMILES string of the molecule is O=C(Nc1ccccc1)N1C[C@@H](O)[C@H](O)[C@H]2COC(=O)N21. The van der Waals surface area contributed by atoms with E-state index in [0.717, 1.165) is 10.0 Å². The summed E-state index contributed by atoms with van der Waals surface area (Å²) < 4.78 is 4.84. The number of ether oxygens (including phenoxy) is 1. The molecule has 8 nitrogen and oxygen atoms in total. The monoisotopic (exact) mass is 293 g/mol. The molecule has 0 saturated carbocycles. The number of rotatable bonds is 1. The predicted molar refractivity (Wildman–Crippen MR) is 71.2 cm³/mol. The van der Waals surface area contributed by atoms with Crippen LogP contribution in [-0.2, 0) is 4.74 Å². The van der Waals surface area contributed by atoms with E-state index >= 15 is 0 Å². The van der Waals surface area contributed by atoms with Crippen LogP contribution in [0.15, 0.2) is 30.3 Å². The molecule has 1 aromatic carbocycles. The molecular formula is C13H15N3O5. The lowest BCUT2D eigenvalue weighted by molar-refractivity contribution is -0.120. The number of fused-ring (bicyclic) bond motifs is 1. The highest BCUT2D eigenvalue weighted by Gasteiger charge is 2.50. The number of cyclic esters (lactones) is 1. The third-order valence-corrected chi connectivity index (χ3v) is 3.55. The molecule has 3 atom stereocenters. The van der Waals surface area contributed by atoms with Crippen molar-refractivity contribution in [2.45, 2.75) is 18.2 Å². The van der Waals surface area contributed by atoms with Gasteiger partial charge < -0.3 is 20.3 Å². The quantitative estimate of drug-likeness (QED) is 0.676. The zero-order chi connectivity index (χ0) is 15.0. The van der Waals surface area contributed by atoms with Crippen molar-refractivity contribution in [3.8, 4) is 0 Å². The Morgan fingerprint density at radius 2 is 2.00 bits per heavy atom. The highest BCUT2D eigenvalue weighted by molar-refractivity contribution is 5.90. The summed E-state index contributed by atoms with van der Waals surface area (Å²) in [6, 6.07) is 7.40. The molecule has 2 aliphatic heterocycles. The van der Waals surface area contributed by atoms with Gasteiger partial charge in [-0.3, -0.25) is 0 Å². The van der Waals surface area contributed by atoms with Crippen LogP contribution >= 0.6 is 0 Å². The van der Waals surface area contributed by atoms with Crippen LogP contribution in [0, 0.1) is 0 Å². The molecule has 2 heterocycles. The fourth-order valence-electron chi connectivity index (χ4n) is 2.47. The van der Waals surface area contributed by atoms with Crippen LogP contribution in [0.2, 0.25) is 0 Å². The number of carbonyl (C=O) groups is 2. The van der Waals surface area contributed by atoms with Crippen molar-refractivity contribution >= 4 is 17.8 Å². The number of hydrazine groups is 1. The number of hydrogen-bond donors (Lipinski definition) is 3. The van der Waals surface area contributed by atoms with Crippen LogP contribution < -0.4 is 5.32 Å². The third-order valence-electron chi connectivity index (χ3n) is 3.55. The zero-order valence-corrected chi connectivity index (χ0v) is 11.0. The number of amides is 3. The Balaban J connectivity index is 1.79. The van der Waals surface area contributed by atoms with Crippen molar-refractivity contribution in [3.05, 3.63) is 30.3 Å². The van der Waals surface area contributed by atoms with E-state index in [0.29, 0.717) is 5.69 Å². The number of urea groups is 1.